The van der Waals surface area contributed by atoms with Gasteiger partial charge in [-0.1, -0.05) is 78.9 Å². The number of alkyl carbamates (subject to hydrolysis) is 1. The largest absolute Gasteiger partial charge is 0.492 e. The van der Waals surface area contributed by atoms with E-state index in [1.54, 1.807) is 4.90 Å². The van der Waals surface area contributed by atoms with Crippen molar-refractivity contribution < 1.29 is 38.7 Å². The number of aliphatic hydroxyl groups excluding tert-OH is 2. The zero-order valence-electron chi connectivity index (χ0n) is 30.4. The molecular formula is C42H53N3O8. The Morgan fingerprint density at radius 1 is 0.981 bits per heavy atom. The van der Waals surface area contributed by atoms with Crippen molar-refractivity contribution in [2.45, 2.75) is 68.9 Å². The SMILES string of the molecule is O=C(N[C@@H](Cc1ccccc1)[C@@H](O)CCC(=O)N(CC=Cc1ccc(OCCN2CCOCC2)cc1)[C@H]1c2ccccc2C[C@H]1O)O[C@H]1CCCOC1. The van der Waals surface area contributed by atoms with Crippen molar-refractivity contribution in [2.24, 2.45) is 0 Å². The summed E-state index contributed by atoms with van der Waals surface area (Å²) in [5.41, 5.74) is 3.85. The summed E-state index contributed by atoms with van der Waals surface area (Å²) in [6.45, 7) is 6.12. The maximum Gasteiger partial charge on any atom is 0.407 e. The van der Waals surface area contributed by atoms with Crippen molar-refractivity contribution >= 4 is 18.1 Å². The summed E-state index contributed by atoms with van der Waals surface area (Å²) in [5.74, 6) is 0.603. The maximum absolute atomic E-state index is 14.1. The second-order valence-electron chi connectivity index (χ2n) is 14.0. The number of nitrogens with zero attached hydrogens (tertiary/aromatic N) is 2. The van der Waals surface area contributed by atoms with E-state index >= 15 is 0 Å². The van der Waals surface area contributed by atoms with Gasteiger partial charge >= 0.3 is 6.09 Å². The molecule has 2 heterocycles. The van der Waals surface area contributed by atoms with Gasteiger partial charge in [-0.3, -0.25) is 9.69 Å². The van der Waals surface area contributed by atoms with Gasteiger partial charge in [0.15, 0.2) is 0 Å². The maximum atomic E-state index is 14.1. The first-order valence-electron chi connectivity index (χ1n) is 18.9. The van der Waals surface area contributed by atoms with E-state index in [-0.39, 0.29) is 31.4 Å². The Kier molecular flexibility index (Phi) is 14.3. The Morgan fingerprint density at radius 3 is 2.53 bits per heavy atom. The van der Waals surface area contributed by atoms with Gasteiger partial charge in [0.2, 0.25) is 5.91 Å². The van der Waals surface area contributed by atoms with Crippen LogP contribution in [-0.4, -0.2) is 116 Å². The molecule has 3 aromatic rings. The Morgan fingerprint density at radius 2 is 1.75 bits per heavy atom. The predicted octanol–water partition coefficient (Wildman–Crippen LogP) is 4.56. The Bertz CT molecular complexity index is 1610. The average molecular weight is 728 g/mol. The minimum atomic E-state index is -1.03. The summed E-state index contributed by atoms with van der Waals surface area (Å²) in [6.07, 6.45) is 3.67. The Labute approximate surface area is 312 Å². The number of morpholine rings is 1. The zero-order valence-corrected chi connectivity index (χ0v) is 30.4. The van der Waals surface area contributed by atoms with Crippen LogP contribution in [0, 0.1) is 0 Å². The molecule has 3 aliphatic rings. The smallest absolute Gasteiger partial charge is 0.407 e. The van der Waals surface area contributed by atoms with Crippen LogP contribution < -0.4 is 10.1 Å². The van der Waals surface area contributed by atoms with Crippen LogP contribution in [0.4, 0.5) is 4.79 Å². The number of ether oxygens (including phenoxy) is 4. The van der Waals surface area contributed by atoms with Crippen molar-refractivity contribution in [2.75, 3.05) is 59.2 Å². The summed E-state index contributed by atoms with van der Waals surface area (Å²) in [4.78, 5) is 31.0. The van der Waals surface area contributed by atoms with Crippen LogP contribution in [0.3, 0.4) is 0 Å². The molecule has 0 aromatic heterocycles. The fraction of sp³-hybridized carbons (Fsp3) is 0.476. The molecule has 0 unspecified atom stereocenters. The van der Waals surface area contributed by atoms with Gasteiger partial charge in [-0.15, -0.1) is 0 Å². The number of carbonyl (C=O) groups excluding carboxylic acids is 2. The highest BCUT2D eigenvalue weighted by Gasteiger charge is 2.37. The summed E-state index contributed by atoms with van der Waals surface area (Å²) in [6, 6.07) is 24.1. The monoisotopic (exact) mass is 727 g/mol. The van der Waals surface area contributed by atoms with Crippen molar-refractivity contribution in [3.63, 3.8) is 0 Å². The van der Waals surface area contributed by atoms with Gasteiger partial charge in [0.1, 0.15) is 18.5 Å². The standard InChI is InChI=1S/C42H53N3O8/c46-38(37(28-32-8-2-1-3-9-32)43-42(49)53-35-12-7-24-51-30-35)18-19-40(48)45(41-36-13-5-4-11-33(36)29-39(41)47)20-6-10-31-14-16-34(17-15-31)52-27-23-44-21-25-50-26-22-44/h1-6,8-11,13-17,35,37-39,41,46-47H,7,12,18-30H2,(H,43,49)/t35-,37-,38-,39+,41-/m0/s1. The molecule has 0 spiro atoms. The number of nitrogens with one attached hydrogen (secondary N) is 1. The second kappa shape index (κ2) is 19.7. The highest BCUT2D eigenvalue weighted by Crippen LogP contribution is 2.36. The topological polar surface area (TPSA) is 130 Å². The molecule has 284 valence electrons. The molecule has 2 fully saturated rings. The van der Waals surface area contributed by atoms with Crippen LogP contribution in [0.1, 0.15) is 54.0 Å². The first-order chi connectivity index (χ1) is 25.9. The van der Waals surface area contributed by atoms with Crippen molar-refractivity contribution in [3.05, 3.63) is 107 Å². The molecule has 3 aromatic carbocycles. The van der Waals surface area contributed by atoms with E-state index in [4.69, 9.17) is 18.9 Å². The summed E-state index contributed by atoms with van der Waals surface area (Å²) < 4.78 is 22.4. The number of amides is 2. The first-order valence-corrected chi connectivity index (χ1v) is 18.9. The van der Waals surface area contributed by atoms with E-state index in [1.807, 2.05) is 91.0 Å². The highest BCUT2D eigenvalue weighted by molar-refractivity contribution is 5.77. The molecule has 2 aliphatic heterocycles. The number of carbonyl (C=O) groups is 2. The van der Waals surface area contributed by atoms with Gasteiger partial charge in [-0.05, 0) is 60.1 Å². The molecule has 2 saturated heterocycles. The van der Waals surface area contributed by atoms with Gasteiger partial charge in [0.05, 0.1) is 44.1 Å². The van der Waals surface area contributed by atoms with Crippen LogP contribution in [0.2, 0.25) is 0 Å². The lowest BCUT2D eigenvalue weighted by molar-refractivity contribution is -0.136. The number of benzene rings is 3. The third kappa shape index (κ3) is 11.4. The van der Waals surface area contributed by atoms with E-state index in [0.29, 0.717) is 32.7 Å². The van der Waals surface area contributed by atoms with Gasteiger partial charge < -0.3 is 39.4 Å². The molecular weight excluding hydrogens is 674 g/mol. The van der Waals surface area contributed by atoms with Crippen LogP contribution >= 0.6 is 0 Å². The molecule has 0 bridgehead atoms. The molecule has 1 aliphatic carbocycles. The zero-order chi connectivity index (χ0) is 36.8. The summed E-state index contributed by atoms with van der Waals surface area (Å²) >= 11 is 0. The van der Waals surface area contributed by atoms with Gasteiger partial charge in [-0.25, -0.2) is 4.79 Å². The number of aliphatic hydroxyl groups is 2. The molecule has 6 rings (SSSR count). The normalized spacial score (nSPS) is 21.4. The molecule has 3 N–H and O–H groups in total. The molecule has 0 saturated carbocycles. The van der Waals surface area contributed by atoms with Crippen LogP contribution in [0.25, 0.3) is 6.08 Å². The number of hydrogen-bond acceptors (Lipinski definition) is 9. The number of hydrogen-bond donors (Lipinski definition) is 3. The Balaban J connectivity index is 1.09. The van der Waals surface area contributed by atoms with Crippen molar-refractivity contribution in [3.8, 4) is 5.75 Å². The van der Waals surface area contributed by atoms with Gasteiger partial charge in [-0.2, -0.15) is 0 Å². The molecule has 11 heteroatoms. The molecule has 0 radical (unpaired) electrons. The van der Waals surface area contributed by atoms with E-state index < -0.39 is 30.4 Å². The summed E-state index contributed by atoms with van der Waals surface area (Å²) in [7, 11) is 0. The Hall–Kier alpha value is -4.26. The molecule has 5 atom stereocenters. The van der Waals surface area contributed by atoms with Crippen LogP contribution in [0.5, 0.6) is 5.75 Å². The lowest BCUT2D eigenvalue weighted by Gasteiger charge is -2.32. The third-order valence-corrected chi connectivity index (χ3v) is 10.2. The van der Waals surface area contributed by atoms with Crippen molar-refractivity contribution in [1.82, 2.24) is 15.1 Å². The quantitative estimate of drug-likeness (QED) is 0.195. The van der Waals surface area contributed by atoms with Gasteiger partial charge in [0, 0.05) is 45.6 Å². The highest BCUT2D eigenvalue weighted by atomic mass is 16.6. The second-order valence-corrected chi connectivity index (χ2v) is 14.0. The first kappa shape index (κ1) is 38.5. The molecule has 2 amide bonds. The third-order valence-electron chi connectivity index (χ3n) is 10.2. The van der Waals surface area contributed by atoms with E-state index in [0.717, 1.165) is 73.7 Å². The minimum Gasteiger partial charge on any atom is -0.492 e. The van der Waals surface area contributed by atoms with Crippen LogP contribution in [-0.2, 0) is 31.8 Å². The summed E-state index contributed by atoms with van der Waals surface area (Å²) in [5, 5.41) is 25.5. The lowest BCUT2D eigenvalue weighted by Crippen LogP contribution is -2.47. The average Bonchev–Trinajstić information content (AvgIpc) is 3.52. The fourth-order valence-electron chi connectivity index (χ4n) is 7.30. The fourth-order valence-corrected chi connectivity index (χ4v) is 7.30. The van der Waals surface area contributed by atoms with E-state index in [9.17, 15) is 19.8 Å². The molecule has 11 nitrogen and oxygen atoms in total. The van der Waals surface area contributed by atoms with Gasteiger partial charge in [0.25, 0.3) is 0 Å². The molecule has 53 heavy (non-hydrogen) atoms. The van der Waals surface area contributed by atoms with Crippen molar-refractivity contribution in [1.29, 1.82) is 0 Å². The lowest BCUT2D eigenvalue weighted by atomic mass is 9.97. The minimum absolute atomic E-state index is 0.0232. The van der Waals surface area contributed by atoms with E-state index in [2.05, 4.69) is 10.2 Å². The van der Waals surface area contributed by atoms with Crippen LogP contribution in [0.15, 0.2) is 84.9 Å². The van der Waals surface area contributed by atoms with E-state index in [1.165, 1.54) is 0 Å². The number of fused-ring (bicyclic) bond motifs is 1. The predicted molar refractivity (Wildman–Crippen MR) is 201 cm³/mol. The number of rotatable bonds is 16.